The molecular weight excluding hydrogens is 600 g/mol. The van der Waals surface area contributed by atoms with Gasteiger partial charge in [-0.2, -0.15) is 4.98 Å². The first-order valence-electron chi connectivity index (χ1n) is 18.2. The van der Waals surface area contributed by atoms with Gasteiger partial charge in [0, 0.05) is 26.0 Å². The molecule has 0 atom stereocenters. The van der Waals surface area contributed by atoms with Gasteiger partial charge in [-0.25, -0.2) is 14.4 Å². The fraction of sp³-hybridized carbons (Fsp3) is 0.304. The molecule has 0 unspecified atom stereocenters. The zero-order valence-corrected chi connectivity index (χ0v) is 26.2. The number of rotatable bonds is 10. The van der Waals surface area contributed by atoms with Crippen LogP contribution < -0.4 is 103 Å². The van der Waals surface area contributed by atoms with Gasteiger partial charge in [0.25, 0.3) is 5.91 Å². The summed E-state index contributed by atoms with van der Waals surface area (Å²) in [6.07, 6.45) is -1.14. The van der Waals surface area contributed by atoms with E-state index >= 15 is 4.39 Å². The number of hydrogen-bond acceptors (Lipinski definition) is 14. The number of nitrogens with one attached hydrogen (secondary N) is 2. The molecule has 42 heavy (non-hydrogen) atoms. The Morgan fingerprint density at radius 1 is 1.12 bits per heavy atom. The van der Waals surface area contributed by atoms with Gasteiger partial charge in [-0.3, -0.25) is 9.69 Å². The minimum Gasteiger partial charge on any atom is -0.790 e. The van der Waals surface area contributed by atoms with E-state index in [1.165, 1.54) is 0 Å². The van der Waals surface area contributed by atoms with E-state index in [1.54, 1.807) is 0 Å². The van der Waals surface area contributed by atoms with Crippen LogP contribution in [0.15, 0.2) is 30.4 Å². The Labute approximate surface area is 306 Å². The van der Waals surface area contributed by atoms with Crippen molar-refractivity contribution in [2.45, 2.75) is 19.3 Å². The summed E-state index contributed by atoms with van der Waals surface area (Å²) in [5.41, 5.74) is -4.07. The molecule has 2 aromatic heterocycles. The van der Waals surface area contributed by atoms with Crippen molar-refractivity contribution < 1.29 is 128 Å². The molecule has 0 aliphatic carbocycles. The van der Waals surface area contributed by atoms with Gasteiger partial charge < -0.3 is 48.5 Å². The number of pyridine rings is 1. The van der Waals surface area contributed by atoms with Crippen molar-refractivity contribution in [2.75, 3.05) is 43.4 Å². The largest absolute Gasteiger partial charge is 1.00 e. The standard InChI is InChI=1S/C23H26FN6O9P.2Na/c1-23(2)21(31)30(11-38-40(32,33)34)20-14(39-23)6-7-17(28-20)27-19-13(24)10-25-22(29-19)26-12-8-15(35-3)18(37-5)16(9-12)36-4;;/h6-10H,11H2,1-5H3,(H2,32,33,34)(H2,25,26,27,28,29);;/q;2*+1/p-2/i1D3,2D3,3D3,4D3,5D3,10D;;. The summed E-state index contributed by atoms with van der Waals surface area (Å²) in [5, 5.41) is 4.68. The molecule has 3 aromatic rings. The van der Waals surface area contributed by atoms with E-state index in [4.69, 9.17) is 40.9 Å². The van der Waals surface area contributed by atoms with Crippen molar-refractivity contribution in [3.05, 3.63) is 36.3 Å². The minimum atomic E-state index is -5.90. The van der Waals surface area contributed by atoms with E-state index in [0.717, 1.165) is 24.3 Å². The second-order valence-corrected chi connectivity index (χ2v) is 8.57. The Balaban J connectivity index is 0.00000580. The molecule has 0 fully saturated rings. The van der Waals surface area contributed by atoms with Crippen LogP contribution in [0.3, 0.4) is 0 Å². The molecule has 214 valence electrons. The number of amides is 1. The van der Waals surface area contributed by atoms with E-state index in [-0.39, 0.29) is 64.0 Å². The summed E-state index contributed by atoms with van der Waals surface area (Å²) in [6, 6.07) is 3.29. The van der Waals surface area contributed by atoms with Crippen LogP contribution in [-0.2, 0) is 13.9 Å². The molecule has 3 heterocycles. The molecule has 15 nitrogen and oxygen atoms in total. The number of carbonyl (C=O) groups excluding carboxylic acids is 1. The monoisotopic (exact) mass is 640 g/mol. The predicted molar refractivity (Wildman–Crippen MR) is 135 cm³/mol. The molecule has 2 N–H and O–H groups in total. The SMILES string of the molecule is [2H]c1nc(Nc2cc(OC([2H])([2H])[2H])c(OC([2H])([2H])[2H])c(OC([2H])([2H])[2H])c2)nc(Nc2ccc3c(n2)N(COP(=O)([O-])[O-])C(=O)C(C([2H])([2H])[2H])(C([2H])([2H])[2H])O3)c1F.[Na+].[Na+]. The molecule has 1 aliphatic rings. The Bertz CT molecular complexity index is 2000. The van der Waals surface area contributed by atoms with Gasteiger partial charge in [0.15, 0.2) is 40.3 Å². The zero-order chi connectivity index (χ0) is 42.6. The maximum atomic E-state index is 15.2. The fourth-order valence-corrected chi connectivity index (χ4v) is 3.40. The quantitative estimate of drug-likeness (QED) is 0.160. The normalized spacial score (nSPS) is 20.6. The van der Waals surface area contributed by atoms with Gasteiger partial charge in [0.1, 0.15) is 12.5 Å². The van der Waals surface area contributed by atoms with Crippen molar-refractivity contribution >= 4 is 42.8 Å². The Kier molecular flexibility index (Phi) is 6.40. The smallest absolute Gasteiger partial charge is 0.790 e. The second-order valence-electron chi connectivity index (χ2n) is 7.42. The van der Waals surface area contributed by atoms with Crippen molar-refractivity contribution in [3.8, 4) is 23.0 Å². The molecule has 1 aromatic carbocycles. The summed E-state index contributed by atoms with van der Waals surface area (Å²) >= 11 is 0. The van der Waals surface area contributed by atoms with Crippen LogP contribution in [0.5, 0.6) is 23.0 Å². The van der Waals surface area contributed by atoms with E-state index in [2.05, 4.69) is 30.1 Å². The summed E-state index contributed by atoms with van der Waals surface area (Å²) < 4.78 is 172. The summed E-state index contributed by atoms with van der Waals surface area (Å²) in [4.78, 5) is 47.4. The van der Waals surface area contributed by atoms with Gasteiger partial charge in [-0.05, 0) is 25.8 Å². The molecule has 0 radical (unpaired) electrons. The average Bonchev–Trinajstić information content (AvgIpc) is 2.97. The van der Waals surface area contributed by atoms with Crippen molar-refractivity contribution in [1.82, 2.24) is 15.0 Å². The third-order valence-corrected chi connectivity index (χ3v) is 5.21. The van der Waals surface area contributed by atoms with Gasteiger partial charge in [0.05, 0.1) is 48.8 Å². The Hall–Kier alpha value is -2.24. The number of phosphoric ester groups is 1. The van der Waals surface area contributed by atoms with Gasteiger partial charge in [-0.15, -0.1) is 0 Å². The number of carbonyl (C=O) groups is 1. The van der Waals surface area contributed by atoms with Gasteiger partial charge >= 0.3 is 59.1 Å². The zero-order valence-electron chi connectivity index (χ0n) is 37.3. The van der Waals surface area contributed by atoms with Crippen LogP contribution in [0.4, 0.5) is 33.5 Å². The Morgan fingerprint density at radius 3 is 2.43 bits per heavy atom. The van der Waals surface area contributed by atoms with Crippen LogP contribution in [0.25, 0.3) is 0 Å². The van der Waals surface area contributed by atoms with E-state index in [1.807, 2.05) is 0 Å². The molecule has 1 aliphatic heterocycles. The molecule has 0 saturated carbocycles. The number of fused-ring (bicyclic) bond motifs is 1. The van der Waals surface area contributed by atoms with Crippen molar-refractivity contribution in [2.24, 2.45) is 0 Å². The van der Waals surface area contributed by atoms with Gasteiger partial charge in [0.2, 0.25) is 11.7 Å². The molecule has 4 rings (SSSR count). The molecule has 0 bridgehead atoms. The Morgan fingerprint density at radius 2 is 1.81 bits per heavy atom. The minimum absolute atomic E-state index is 0. The number of nitrogens with zero attached hydrogens (tertiary/aromatic N) is 4. The number of benzene rings is 1. The van der Waals surface area contributed by atoms with E-state index in [9.17, 15) is 19.1 Å². The van der Waals surface area contributed by atoms with Crippen LogP contribution >= 0.6 is 7.82 Å². The average molecular weight is 641 g/mol. The van der Waals surface area contributed by atoms with Crippen LogP contribution in [0.2, 0.25) is 0 Å². The molecule has 0 saturated heterocycles. The van der Waals surface area contributed by atoms with Crippen LogP contribution in [0, 0.1) is 5.82 Å². The summed E-state index contributed by atoms with van der Waals surface area (Å²) in [5.74, 6) is -9.91. The number of anilines is 5. The number of phosphoric acid groups is 1. The molecule has 19 heteroatoms. The fourth-order valence-electron chi connectivity index (χ4n) is 3.15. The number of aromatic nitrogens is 3. The van der Waals surface area contributed by atoms with Crippen LogP contribution in [0.1, 0.15) is 35.6 Å². The third kappa shape index (κ3) is 8.23. The number of methoxy groups -OCH3 is 3. The first-order chi connectivity index (χ1) is 25.2. The van der Waals surface area contributed by atoms with Crippen molar-refractivity contribution in [3.63, 3.8) is 0 Å². The first kappa shape index (κ1) is 18.5. The molecule has 1 amide bonds. The number of halogens is 1. The van der Waals surface area contributed by atoms with Crippen molar-refractivity contribution in [1.29, 1.82) is 0 Å². The maximum absolute atomic E-state index is 15.2. The summed E-state index contributed by atoms with van der Waals surface area (Å²) in [6.45, 7) is -9.09. The predicted octanol–water partition coefficient (Wildman–Crippen LogP) is -4.16. The van der Waals surface area contributed by atoms with Crippen LogP contribution in [-0.4, -0.2) is 54.3 Å². The van der Waals surface area contributed by atoms with Gasteiger partial charge in [-0.1, -0.05) is 0 Å². The number of ether oxygens (including phenoxy) is 4. The first-order valence-corrected chi connectivity index (χ1v) is 11.7. The topological polar surface area (TPSA) is 192 Å². The number of hydrogen-bond donors (Lipinski definition) is 2. The molecular formula is C23H24FN6Na2O9P. The third-order valence-electron chi connectivity index (χ3n) is 4.78. The van der Waals surface area contributed by atoms with E-state index < -0.39 is 125 Å². The van der Waals surface area contributed by atoms with E-state index in [0.29, 0.717) is 0 Å². The summed E-state index contributed by atoms with van der Waals surface area (Å²) in [7, 11) is -15.7. The second kappa shape index (κ2) is 14.5. The molecule has 0 spiro atoms. The maximum Gasteiger partial charge on any atom is 1.00 e.